The molecule has 1 saturated heterocycles. The molecule has 186 valence electrons. The maximum Gasteiger partial charge on any atom is 0.227 e. The first-order valence-electron chi connectivity index (χ1n) is 11.6. The highest BCUT2D eigenvalue weighted by atomic mass is 16.5. The number of anilines is 3. The Kier molecular flexibility index (Phi) is 6.60. The number of nitrogens with one attached hydrogen (secondary N) is 1. The van der Waals surface area contributed by atoms with Gasteiger partial charge in [0.2, 0.25) is 11.7 Å². The van der Waals surface area contributed by atoms with Crippen molar-refractivity contribution >= 4 is 17.6 Å². The molecule has 5 rings (SSSR count). The van der Waals surface area contributed by atoms with Gasteiger partial charge in [-0.05, 0) is 12.8 Å². The molecule has 2 aliphatic rings. The lowest BCUT2D eigenvalue weighted by Gasteiger charge is -2.26. The van der Waals surface area contributed by atoms with Crippen molar-refractivity contribution in [1.29, 1.82) is 0 Å². The highest BCUT2D eigenvalue weighted by Gasteiger charge is 2.28. The number of hydrogen-bond donors (Lipinski definition) is 2. The zero-order chi connectivity index (χ0) is 24.4. The van der Waals surface area contributed by atoms with Gasteiger partial charge in [0.05, 0.1) is 64.8 Å². The number of methoxy groups -OCH3 is 3. The van der Waals surface area contributed by atoms with Crippen molar-refractivity contribution in [2.45, 2.75) is 31.9 Å². The van der Waals surface area contributed by atoms with Crippen molar-refractivity contribution in [3.05, 3.63) is 35.9 Å². The predicted molar refractivity (Wildman–Crippen MR) is 129 cm³/mol. The molecule has 1 aromatic carbocycles. The van der Waals surface area contributed by atoms with Crippen LogP contribution in [0.1, 0.15) is 24.1 Å². The molecule has 0 saturated carbocycles. The number of aromatic nitrogens is 4. The second kappa shape index (κ2) is 9.96. The lowest BCUT2D eigenvalue weighted by atomic mass is 10.1. The summed E-state index contributed by atoms with van der Waals surface area (Å²) in [5.74, 6) is 3.57. The molecule has 11 nitrogen and oxygen atoms in total. The second-order valence-corrected chi connectivity index (χ2v) is 8.45. The topological polar surface area (TPSA) is 116 Å². The van der Waals surface area contributed by atoms with Crippen molar-refractivity contribution in [2.75, 3.05) is 51.3 Å². The molecule has 2 aromatic heterocycles. The third kappa shape index (κ3) is 4.44. The van der Waals surface area contributed by atoms with E-state index in [1.54, 1.807) is 27.7 Å². The number of aliphatic hydroxyl groups excluding tert-OH is 1. The highest BCUT2D eigenvalue weighted by molar-refractivity contribution is 5.62. The van der Waals surface area contributed by atoms with E-state index in [2.05, 4.69) is 15.2 Å². The van der Waals surface area contributed by atoms with Crippen LogP contribution in [0.2, 0.25) is 0 Å². The molecule has 0 spiro atoms. The Labute approximate surface area is 203 Å². The summed E-state index contributed by atoms with van der Waals surface area (Å²) in [6.45, 7) is 1.98. The molecule has 1 fully saturated rings. The van der Waals surface area contributed by atoms with Crippen molar-refractivity contribution in [3.63, 3.8) is 0 Å². The molecular formula is C24H30N6O5. The summed E-state index contributed by atoms with van der Waals surface area (Å²) in [7, 11) is 4.74. The van der Waals surface area contributed by atoms with Crippen molar-refractivity contribution in [3.8, 4) is 22.9 Å². The summed E-state index contributed by atoms with van der Waals surface area (Å²) >= 11 is 0. The summed E-state index contributed by atoms with van der Waals surface area (Å²) in [4.78, 5) is 16.3. The average molecular weight is 483 g/mol. The highest BCUT2D eigenvalue weighted by Crippen LogP contribution is 2.39. The molecule has 2 aliphatic heterocycles. The van der Waals surface area contributed by atoms with Gasteiger partial charge < -0.3 is 38.8 Å². The van der Waals surface area contributed by atoms with E-state index in [0.717, 1.165) is 42.8 Å². The number of rotatable bonds is 8. The fraction of sp³-hybridized carbons (Fsp3) is 0.458. The fourth-order valence-corrected chi connectivity index (χ4v) is 4.61. The molecule has 3 aromatic rings. The number of hydrogen-bond acceptors (Lipinski definition) is 10. The van der Waals surface area contributed by atoms with Gasteiger partial charge in [-0.25, -0.2) is 9.97 Å². The van der Waals surface area contributed by atoms with Crippen molar-refractivity contribution in [2.24, 2.45) is 0 Å². The van der Waals surface area contributed by atoms with Crippen LogP contribution in [-0.2, 0) is 17.8 Å². The van der Waals surface area contributed by atoms with E-state index in [0.29, 0.717) is 48.0 Å². The minimum absolute atomic E-state index is 0.0416. The van der Waals surface area contributed by atoms with Gasteiger partial charge in [-0.3, -0.25) is 0 Å². The van der Waals surface area contributed by atoms with E-state index in [4.69, 9.17) is 28.9 Å². The number of benzene rings is 1. The van der Waals surface area contributed by atoms with Gasteiger partial charge in [-0.15, -0.1) is 0 Å². The van der Waals surface area contributed by atoms with Gasteiger partial charge in [0.25, 0.3) is 0 Å². The largest absolute Gasteiger partial charge is 0.493 e. The predicted octanol–water partition coefficient (Wildman–Crippen LogP) is 2.47. The molecule has 35 heavy (non-hydrogen) atoms. The quantitative estimate of drug-likeness (QED) is 0.496. The smallest absolute Gasteiger partial charge is 0.227 e. The lowest BCUT2D eigenvalue weighted by Crippen LogP contribution is -2.34. The monoisotopic (exact) mass is 482 g/mol. The summed E-state index contributed by atoms with van der Waals surface area (Å²) < 4.78 is 23.9. The Bertz CT molecular complexity index is 1170. The van der Waals surface area contributed by atoms with E-state index in [1.807, 2.05) is 22.9 Å². The van der Waals surface area contributed by atoms with Crippen LogP contribution in [0.25, 0.3) is 5.69 Å². The van der Waals surface area contributed by atoms with Crippen LogP contribution >= 0.6 is 0 Å². The minimum Gasteiger partial charge on any atom is -0.493 e. The van der Waals surface area contributed by atoms with Crippen molar-refractivity contribution in [1.82, 2.24) is 19.5 Å². The van der Waals surface area contributed by atoms with Crippen LogP contribution in [0.5, 0.6) is 17.2 Å². The molecular weight excluding hydrogens is 452 g/mol. The van der Waals surface area contributed by atoms with Crippen LogP contribution < -0.4 is 24.4 Å². The van der Waals surface area contributed by atoms with Gasteiger partial charge in [-0.2, -0.15) is 4.98 Å². The van der Waals surface area contributed by atoms with Gasteiger partial charge in [0.1, 0.15) is 18.0 Å². The maximum absolute atomic E-state index is 9.79. The first-order valence-corrected chi connectivity index (χ1v) is 11.6. The van der Waals surface area contributed by atoms with E-state index in [1.165, 1.54) is 0 Å². The minimum atomic E-state index is 0.0416. The molecule has 0 bridgehead atoms. The Morgan fingerprint density at radius 3 is 2.66 bits per heavy atom. The second-order valence-electron chi connectivity index (χ2n) is 8.45. The number of ether oxygens (including phenoxy) is 4. The Hall–Kier alpha value is -3.57. The van der Waals surface area contributed by atoms with Gasteiger partial charge in [0.15, 0.2) is 11.5 Å². The van der Waals surface area contributed by atoms with E-state index >= 15 is 0 Å². The Balaban J connectivity index is 1.47. The molecule has 0 amide bonds. The fourth-order valence-electron chi connectivity index (χ4n) is 4.61. The molecule has 0 aliphatic carbocycles. The lowest BCUT2D eigenvalue weighted by molar-refractivity contribution is 0.109. The Morgan fingerprint density at radius 2 is 1.94 bits per heavy atom. The Morgan fingerprint density at radius 1 is 1.14 bits per heavy atom. The first kappa shape index (κ1) is 23.2. The summed E-state index contributed by atoms with van der Waals surface area (Å²) in [6.07, 6.45) is 6.23. The molecule has 1 atom stereocenters. The molecule has 4 heterocycles. The van der Waals surface area contributed by atoms with Crippen LogP contribution in [0.4, 0.5) is 17.6 Å². The zero-order valence-corrected chi connectivity index (χ0v) is 20.2. The van der Waals surface area contributed by atoms with Crippen LogP contribution in [-0.4, -0.2) is 71.8 Å². The van der Waals surface area contributed by atoms with E-state index in [9.17, 15) is 5.11 Å². The molecule has 11 heteroatoms. The molecule has 2 N–H and O–H groups in total. The van der Waals surface area contributed by atoms with Crippen LogP contribution in [0.15, 0.2) is 24.7 Å². The first-order chi connectivity index (χ1) is 17.1. The molecule has 1 unspecified atom stereocenters. The number of fused-ring (bicyclic) bond motifs is 1. The van der Waals surface area contributed by atoms with E-state index in [-0.39, 0.29) is 12.6 Å². The van der Waals surface area contributed by atoms with Gasteiger partial charge in [0, 0.05) is 30.7 Å². The van der Waals surface area contributed by atoms with Crippen molar-refractivity contribution < 1.29 is 24.1 Å². The third-order valence-electron chi connectivity index (χ3n) is 6.43. The van der Waals surface area contributed by atoms with Crippen LogP contribution in [0, 0.1) is 0 Å². The van der Waals surface area contributed by atoms with Crippen LogP contribution in [0.3, 0.4) is 0 Å². The summed E-state index contributed by atoms with van der Waals surface area (Å²) in [6, 6.07) is 3.75. The van der Waals surface area contributed by atoms with Gasteiger partial charge >= 0.3 is 0 Å². The normalized spacial score (nSPS) is 17.3. The number of aliphatic hydroxyl groups is 1. The summed E-state index contributed by atoms with van der Waals surface area (Å²) in [5.41, 5.74) is 2.70. The summed E-state index contributed by atoms with van der Waals surface area (Å²) in [5, 5.41) is 13.1. The average Bonchev–Trinajstić information content (AvgIpc) is 3.57. The molecule has 0 radical (unpaired) electrons. The maximum atomic E-state index is 9.79. The number of imidazole rings is 1. The SMILES string of the molecule is COc1cc(-n2cnc(Nc3nc(N4CCCC4CO)nc4c3COCC4)c2)cc(OC)c1OC. The standard InChI is InChI=1S/C24H30N6O5/c1-32-19-9-16(10-20(33-2)22(19)34-3)29-11-21(25-14-29)27-23-17-13-35-8-6-18(17)26-24(28-23)30-7-4-5-15(30)12-31/h9-11,14-15,31H,4-8,12-13H2,1-3H3,(H,26,27,28). The zero-order valence-electron chi connectivity index (χ0n) is 20.2. The van der Waals surface area contributed by atoms with Gasteiger partial charge in [-0.1, -0.05) is 0 Å². The number of nitrogens with zero attached hydrogens (tertiary/aromatic N) is 5. The van der Waals surface area contributed by atoms with E-state index < -0.39 is 0 Å². The third-order valence-corrected chi connectivity index (χ3v) is 6.43.